The Hall–Kier alpha value is -1.14. The van der Waals surface area contributed by atoms with Gasteiger partial charge in [-0.05, 0) is 38.1 Å². The predicted octanol–water partition coefficient (Wildman–Crippen LogP) is 0.467. The van der Waals surface area contributed by atoms with Crippen LogP contribution in [0.2, 0.25) is 0 Å². The van der Waals surface area contributed by atoms with Crippen molar-refractivity contribution in [3.63, 3.8) is 0 Å². The second-order valence-corrected chi connectivity index (χ2v) is 5.78. The van der Waals surface area contributed by atoms with Gasteiger partial charge in [0.1, 0.15) is 6.61 Å². The molecule has 2 N–H and O–H groups in total. The highest BCUT2D eigenvalue weighted by Crippen LogP contribution is 2.20. The highest BCUT2D eigenvalue weighted by Gasteiger charge is 2.32. The highest BCUT2D eigenvalue weighted by molar-refractivity contribution is 5.82. The summed E-state index contributed by atoms with van der Waals surface area (Å²) < 4.78 is 5.29. The van der Waals surface area contributed by atoms with E-state index in [1.807, 2.05) is 4.90 Å². The number of piperidine rings is 2. The zero-order valence-corrected chi connectivity index (χ0v) is 12.0. The maximum absolute atomic E-state index is 12.5. The van der Waals surface area contributed by atoms with E-state index < -0.39 is 5.97 Å². The molecule has 0 saturated carbocycles. The number of ether oxygens (including phenoxy) is 1. The zero-order valence-electron chi connectivity index (χ0n) is 12.0. The van der Waals surface area contributed by atoms with Crippen molar-refractivity contribution in [1.82, 2.24) is 10.2 Å². The van der Waals surface area contributed by atoms with E-state index in [9.17, 15) is 9.59 Å². The fourth-order valence-electron chi connectivity index (χ4n) is 3.01. The van der Waals surface area contributed by atoms with Crippen LogP contribution in [-0.2, 0) is 14.3 Å². The molecule has 2 unspecified atom stereocenters. The summed E-state index contributed by atoms with van der Waals surface area (Å²) in [6, 6.07) is -0.0553. The quantitative estimate of drug-likeness (QED) is 0.784. The first kappa shape index (κ1) is 15.3. The van der Waals surface area contributed by atoms with Crippen molar-refractivity contribution in [2.24, 2.45) is 5.92 Å². The Labute approximate surface area is 119 Å². The largest absolute Gasteiger partial charge is 0.480 e. The van der Waals surface area contributed by atoms with Crippen molar-refractivity contribution >= 4 is 11.9 Å². The standard InChI is InChI=1S/C14H24N2O4/c1-10-3-2-6-15-13(10)14(19)16-7-4-11(5-8-16)20-9-12(17)18/h10-11,13,15H,2-9H2,1H3,(H,17,18). The molecule has 20 heavy (non-hydrogen) atoms. The van der Waals surface area contributed by atoms with Crippen molar-refractivity contribution in [2.75, 3.05) is 26.2 Å². The molecule has 1 amide bonds. The molecular formula is C14H24N2O4. The van der Waals surface area contributed by atoms with Crippen molar-refractivity contribution in [1.29, 1.82) is 0 Å². The number of nitrogens with one attached hydrogen (secondary N) is 1. The summed E-state index contributed by atoms with van der Waals surface area (Å²) in [6.45, 7) is 4.11. The summed E-state index contributed by atoms with van der Waals surface area (Å²) in [6.07, 6.45) is 3.64. The van der Waals surface area contributed by atoms with Crippen LogP contribution in [0.3, 0.4) is 0 Å². The molecule has 0 radical (unpaired) electrons. The molecule has 2 saturated heterocycles. The first-order valence-corrected chi connectivity index (χ1v) is 7.43. The molecule has 2 aliphatic rings. The van der Waals surface area contributed by atoms with E-state index in [1.165, 1.54) is 0 Å². The molecular weight excluding hydrogens is 260 g/mol. The van der Waals surface area contributed by atoms with Crippen molar-refractivity contribution < 1.29 is 19.4 Å². The maximum atomic E-state index is 12.5. The van der Waals surface area contributed by atoms with Crippen LogP contribution in [0.4, 0.5) is 0 Å². The molecule has 0 aromatic rings. The van der Waals surface area contributed by atoms with Crippen LogP contribution in [-0.4, -0.2) is 60.3 Å². The lowest BCUT2D eigenvalue weighted by atomic mass is 9.91. The normalized spacial score (nSPS) is 28.4. The van der Waals surface area contributed by atoms with Crippen LogP contribution in [0.25, 0.3) is 0 Å². The van der Waals surface area contributed by atoms with E-state index >= 15 is 0 Å². The summed E-state index contributed by atoms with van der Waals surface area (Å²) in [5.74, 6) is -0.366. The van der Waals surface area contributed by atoms with E-state index in [-0.39, 0.29) is 24.7 Å². The van der Waals surface area contributed by atoms with Gasteiger partial charge in [-0.2, -0.15) is 0 Å². The number of carboxylic acid groups (broad SMARTS) is 1. The van der Waals surface area contributed by atoms with Crippen LogP contribution in [0, 0.1) is 5.92 Å². The Balaban J connectivity index is 1.78. The number of carbonyl (C=O) groups excluding carboxylic acids is 1. The van der Waals surface area contributed by atoms with Gasteiger partial charge in [0, 0.05) is 13.1 Å². The topological polar surface area (TPSA) is 78.9 Å². The molecule has 0 aliphatic carbocycles. The SMILES string of the molecule is CC1CCCNC1C(=O)N1CCC(OCC(=O)O)CC1. The Morgan fingerprint density at radius 3 is 2.60 bits per heavy atom. The molecule has 6 nitrogen and oxygen atoms in total. The third kappa shape index (κ3) is 3.93. The van der Waals surface area contributed by atoms with Gasteiger partial charge < -0.3 is 20.1 Å². The van der Waals surface area contributed by atoms with E-state index in [2.05, 4.69) is 12.2 Å². The van der Waals surface area contributed by atoms with Gasteiger partial charge in [0.2, 0.25) is 5.91 Å². The predicted molar refractivity (Wildman–Crippen MR) is 73.4 cm³/mol. The lowest BCUT2D eigenvalue weighted by Crippen LogP contribution is -2.54. The molecule has 2 heterocycles. The molecule has 0 spiro atoms. The van der Waals surface area contributed by atoms with Gasteiger partial charge in [0.05, 0.1) is 12.1 Å². The molecule has 2 atom stereocenters. The number of carbonyl (C=O) groups is 2. The Morgan fingerprint density at radius 1 is 1.30 bits per heavy atom. The number of aliphatic carboxylic acids is 1. The van der Waals surface area contributed by atoms with Crippen LogP contribution in [0.1, 0.15) is 32.6 Å². The van der Waals surface area contributed by atoms with Gasteiger partial charge in [-0.1, -0.05) is 6.92 Å². The van der Waals surface area contributed by atoms with Gasteiger partial charge in [-0.15, -0.1) is 0 Å². The van der Waals surface area contributed by atoms with E-state index in [0.29, 0.717) is 19.0 Å². The summed E-state index contributed by atoms with van der Waals surface area (Å²) in [4.78, 5) is 24.8. The number of rotatable bonds is 4. The molecule has 0 aromatic heterocycles. The van der Waals surface area contributed by atoms with Gasteiger partial charge >= 0.3 is 5.97 Å². The third-order valence-electron chi connectivity index (χ3n) is 4.23. The average molecular weight is 284 g/mol. The fourth-order valence-corrected chi connectivity index (χ4v) is 3.01. The molecule has 2 aliphatic heterocycles. The van der Waals surface area contributed by atoms with Crippen LogP contribution >= 0.6 is 0 Å². The maximum Gasteiger partial charge on any atom is 0.329 e. The number of likely N-dealkylation sites (tertiary alicyclic amines) is 1. The van der Waals surface area contributed by atoms with E-state index in [1.54, 1.807) is 0 Å². The number of nitrogens with zero attached hydrogens (tertiary/aromatic N) is 1. The molecule has 0 bridgehead atoms. The minimum Gasteiger partial charge on any atom is -0.480 e. The van der Waals surface area contributed by atoms with Gasteiger partial charge in [-0.3, -0.25) is 4.79 Å². The van der Waals surface area contributed by atoms with Crippen LogP contribution in [0.15, 0.2) is 0 Å². The summed E-state index contributed by atoms with van der Waals surface area (Å²) >= 11 is 0. The second kappa shape index (κ2) is 7.04. The Bertz CT molecular complexity index is 353. The summed E-state index contributed by atoms with van der Waals surface area (Å²) in [7, 11) is 0. The van der Waals surface area contributed by atoms with E-state index in [0.717, 1.165) is 32.2 Å². The number of hydrogen-bond donors (Lipinski definition) is 2. The molecule has 2 rings (SSSR count). The first-order valence-electron chi connectivity index (χ1n) is 7.43. The second-order valence-electron chi connectivity index (χ2n) is 5.78. The van der Waals surface area contributed by atoms with Crippen molar-refractivity contribution in [3.8, 4) is 0 Å². The lowest BCUT2D eigenvalue weighted by molar-refractivity contribution is -0.147. The van der Waals surface area contributed by atoms with Crippen molar-refractivity contribution in [3.05, 3.63) is 0 Å². The Kier molecular flexibility index (Phi) is 5.37. The fraction of sp³-hybridized carbons (Fsp3) is 0.857. The Morgan fingerprint density at radius 2 is 2.00 bits per heavy atom. The minimum atomic E-state index is -0.941. The number of amides is 1. The van der Waals surface area contributed by atoms with Crippen LogP contribution < -0.4 is 5.32 Å². The molecule has 0 aromatic carbocycles. The van der Waals surface area contributed by atoms with Crippen LogP contribution in [0.5, 0.6) is 0 Å². The first-order chi connectivity index (χ1) is 9.58. The van der Waals surface area contributed by atoms with Gasteiger partial charge in [0.15, 0.2) is 0 Å². The molecule has 6 heteroatoms. The highest BCUT2D eigenvalue weighted by atomic mass is 16.5. The third-order valence-corrected chi connectivity index (χ3v) is 4.23. The van der Waals surface area contributed by atoms with Gasteiger partial charge in [0.25, 0.3) is 0 Å². The zero-order chi connectivity index (χ0) is 14.5. The smallest absolute Gasteiger partial charge is 0.329 e. The molecule has 114 valence electrons. The molecule has 2 fully saturated rings. The van der Waals surface area contributed by atoms with Gasteiger partial charge in [-0.25, -0.2) is 4.79 Å². The summed E-state index contributed by atoms with van der Waals surface area (Å²) in [5.41, 5.74) is 0. The summed E-state index contributed by atoms with van der Waals surface area (Å²) in [5, 5.41) is 11.9. The average Bonchev–Trinajstić information content (AvgIpc) is 2.45. The number of carboxylic acids is 1. The van der Waals surface area contributed by atoms with E-state index in [4.69, 9.17) is 9.84 Å². The lowest BCUT2D eigenvalue weighted by Gasteiger charge is -2.37. The number of hydrogen-bond acceptors (Lipinski definition) is 4. The minimum absolute atomic E-state index is 0.0353. The monoisotopic (exact) mass is 284 g/mol. The van der Waals surface area contributed by atoms with Crippen molar-refractivity contribution in [2.45, 2.75) is 44.8 Å².